The van der Waals surface area contributed by atoms with Gasteiger partial charge in [-0.1, -0.05) is 6.58 Å². The Bertz CT molecular complexity index is 208. The van der Waals surface area contributed by atoms with Gasteiger partial charge in [-0.3, -0.25) is 4.79 Å². The predicted molar refractivity (Wildman–Crippen MR) is 44.7 cm³/mol. The van der Waals surface area contributed by atoms with Crippen LogP contribution in [0.3, 0.4) is 0 Å². The molecule has 0 aliphatic carbocycles. The first-order valence-corrected chi connectivity index (χ1v) is 3.49. The lowest BCUT2D eigenvalue weighted by Crippen LogP contribution is -2.41. The van der Waals surface area contributed by atoms with Crippen LogP contribution in [0.4, 0.5) is 0 Å². The molecule has 0 aromatic carbocycles. The highest BCUT2D eigenvalue weighted by atomic mass is 16.4. The van der Waals surface area contributed by atoms with Gasteiger partial charge in [0.25, 0.3) is 0 Å². The van der Waals surface area contributed by atoms with Crippen LogP contribution in [-0.2, 0) is 9.59 Å². The van der Waals surface area contributed by atoms with Crippen molar-refractivity contribution in [2.45, 2.75) is 19.9 Å². The molecule has 0 aliphatic heterocycles. The Morgan fingerprint density at radius 3 is 1.92 bits per heavy atom. The van der Waals surface area contributed by atoms with E-state index < -0.39 is 12.0 Å². The summed E-state index contributed by atoms with van der Waals surface area (Å²) in [5.41, 5.74) is 0.445. The molecule has 0 aliphatic rings. The van der Waals surface area contributed by atoms with Crippen molar-refractivity contribution in [1.29, 1.82) is 0 Å². The monoisotopic (exact) mass is 171 g/mol. The normalized spacial score (nSPS) is 11.9. The summed E-state index contributed by atoms with van der Waals surface area (Å²) >= 11 is 0. The van der Waals surface area contributed by atoms with Gasteiger partial charge in [0, 0.05) is 14.0 Å². The summed E-state index contributed by atoms with van der Waals surface area (Å²) < 4.78 is 0. The molecule has 1 N–H and O–H groups in total. The van der Waals surface area contributed by atoms with Crippen LogP contribution >= 0.6 is 0 Å². The average molecular weight is 171 g/mol. The summed E-state index contributed by atoms with van der Waals surface area (Å²) in [4.78, 5) is 22.6. The second-order valence-electron chi connectivity index (χ2n) is 2.72. The molecule has 0 heterocycles. The minimum Gasteiger partial charge on any atom is -0.479 e. The van der Waals surface area contributed by atoms with Crippen molar-refractivity contribution in [3.05, 3.63) is 12.2 Å². The average Bonchev–Trinajstić information content (AvgIpc) is 1.85. The van der Waals surface area contributed by atoms with E-state index in [1.807, 2.05) is 0 Å². The van der Waals surface area contributed by atoms with Crippen LogP contribution in [-0.4, -0.2) is 35.0 Å². The smallest absolute Gasteiger partial charge is 0.330 e. The topological polar surface area (TPSA) is 57.6 Å². The van der Waals surface area contributed by atoms with E-state index in [9.17, 15) is 9.59 Å². The molecule has 0 saturated carbocycles. The number of hydrogen-bond donors (Lipinski definition) is 1. The number of likely N-dealkylation sites (N-methyl/N-ethyl adjacent to an activating group) is 1. The zero-order chi connectivity index (χ0) is 9.89. The molecular weight excluding hydrogens is 158 g/mol. The van der Waals surface area contributed by atoms with E-state index in [0.717, 1.165) is 4.90 Å². The number of aliphatic carboxylic acids is 1. The third-order valence-electron chi connectivity index (χ3n) is 1.58. The van der Waals surface area contributed by atoms with Gasteiger partial charge in [-0.25, -0.2) is 4.79 Å². The summed E-state index contributed by atoms with van der Waals surface area (Å²) in [5, 5.41) is 8.71. The quantitative estimate of drug-likeness (QED) is 0.629. The summed E-state index contributed by atoms with van der Waals surface area (Å²) in [5.74, 6) is -1.34. The first-order chi connectivity index (χ1) is 5.37. The summed E-state index contributed by atoms with van der Waals surface area (Å²) in [6.45, 7) is 6.41. The largest absolute Gasteiger partial charge is 0.479 e. The van der Waals surface area contributed by atoms with Gasteiger partial charge in [0.1, 0.15) is 6.04 Å². The lowest BCUT2D eigenvalue weighted by atomic mass is 10.1. The molecule has 1 amide bonds. The van der Waals surface area contributed by atoms with Crippen LogP contribution in [0.5, 0.6) is 0 Å². The van der Waals surface area contributed by atoms with Gasteiger partial charge >= 0.3 is 5.97 Å². The summed E-state index contributed by atoms with van der Waals surface area (Å²) in [7, 11) is 1.44. The highest BCUT2D eigenvalue weighted by Crippen LogP contribution is 2.06. The van der Waals surface area contributed by atoms with Crippen LogP contribution in [0.1, 0.15) is 13.8 Å². The van der Waals surface area contributed by atoms with Crippen LogP contribution in [0.25, 0.3) is 0 Å². The molecule has 0 rings (SSSR count). The molecule has 1 atom stereocenters. The van der Waals surface area contributed by atoms with Gasteiger partial charge in [0.05, 0.1) is 0 Å². The summed E-state index contributed by atoms with van der Waals surface area (Å²) in [6, 6.07) is -0.914. The molecule has 0 spiro atoms. The molecule has 0 bridgehead atoms. The van der Waals surface area contributed by atoms with E-state index in [1.54, 1.807) is 6.92 Å². The second kappa shape index (κ2) is 3.90. The molecule has 12 heavy (non-hydrogen) atoms. The van der Waals surface area contributed by atoms with E-state index in [0.29, 0.717) is 5.57 Å². The maximum absolute atomic E-state index is 10.8. The van der Waals surface area contributed by atoms with Crippen molar-refractivity contribution < 1.29 is 14.7 Å². The van der Waals surface area contributed by atoms with Crippen molar-refractivity contribution in [1.82, 2.24) is 4.90 Å². The lowest BCUT2D eigenvalue weighted by Gasteiger charge is -2.23. The number of nitrogens with zero attached hydrogens (tertiary/aromatic N) is 1. The van der Waals surface area contributed by atoms with Crippen LogP contribution in [0.2, 0.25) is 0 Å². The van der Waals surface area contributed by atoms with Crippen molar-refractivity contribution in [2.75, 3.05) is 7.05 Å². The summed E-state index contributed by atoms with van der Waals surface area (Å²) in [6.07, 6.45) is 0. The number of carboxylic acid groups (broad SMARTS) is 1. The number of hydrogen-bond acceptors (Lipinski definition) is 2. The minimum atomic E-state index is -1.06. The minimum absolute atomic E-state index is 0.287. The first kappa shape index (κ1) is 10.7. The van der Waals surface area contributed by atoms with Gasteiger partial charge in [-0.05, 0) is 12.5 Å². The molecule has 68 valence electrons. The van der Waals surface area contributed by atoms with E-state index in [1.165, 1.54) is 14.0 Å². The van der Waals surface area contributed by atoms with E-state index in [2.05, 4.69) is 6.58 Å². The number of carbonyl (C=O) groups is 2. The fourth-order valence-corrected chi connectivity index (χ4v) is 0.889. The zero-order valence-electron chi connectivity index (χ0n) is 7.50. The first-order valence-electron chi connectivity index (χ1n) is 3.49. The van der Waals surface area contributed by atoms with Crippen molar-refractivity contribution >= 4 is 11.9 Å². The van der Waals surface area contributed by atoms with Gasteiger partial charge in [0.2, 0.25) is 5.91 Å². The lowest BCUT2D eigenvalue weighted by molar-refractivity contribution is -0.146. The predicted octanol–water partition coefficient (Wildman–Crippen LogP) is 0.494. The van der Waals surface area contributed by atoms with E-state index in [-0.39, 0.29) is 5.91 Å². The third-order valence-corrected chi connectivity index (χ3v) is 1.58. The molecule has 0 aromatic heterocycles. The Morgan fingerprint density at radius 1 is 1.42 bits per heavy atom. The Balaban J connectivity index is 4.63. The van der Waals surface area contributed by atoms with Gasteiger partial charge in [-0.15, -0.1) is 0 Å². The third kappa shape index (κ3) is 2.38. The molecule has 0 fully saturated rings. The molecule has 1 unspecified atom stereocenters. The Labute approximate surface area is 71.5 Å². The number of rotatable bonds is 3. The van der Waals surface area contributed by atoms with Crippen LogP contribution in [0.15, 0.2) is 12.2 Å². The standard InChI is InChI=1S/C8H13NO3/c1-5(2)7(8(11)12)9(4)6(3)10/h7H,1H2,2-4H3,(H,11,12). The Kier molecular flexibility index (Phi) is 3.47. The second-order valence-corrected chi connectivity index (χ2v) is 2.72. The Hall–Kier alpha value is -1.32. The highest BCUT2D eigenvalue weighted by Gasteiger charge is 2.24. The molecule has 4 heteroatoms. The number of carboxylic acids is 1. The van der Waals surface area contributed by atoms with E-state index >= 15 is 0 Å². The number of carbonyl (C=O) groups excluding carboxylic acids is 1. The SMILES string of the molecule is C=C(C)C(C(=O)O)N(C)C(C)=O. The van der Waals surface area contributed by atoms with Crippen molar-refractivity contribution in [2.24, 2.45) is 0 Å². The van der Waals surface area contributed by atoms with Gasteiger partial charge < -0.3 is 10.0 Å². The maximum Gasteiger partial charge on any atom is 0.330 e. The fraction of sp³-hybridized carbons (Fsp3) is 0.500. The van der Waals surface area contributed by atoms with E-state index in [4.69, 9.17) is 5.11 Å². The maximum atomic E-state index is 10.8. The van der Waals surface area contributed by atoms with Crippen molar-refractivity contribution in [3.63, 3.8) is 0 Å². The van der Waals surface area contributed by atoms with Crippen LogP contribution in [0, 0.1) is 0 Å². The molecule has 4 nitrogen and oxygen atoms in total. The molecular formula is C8H13NO3. The fourth-order valence-electron chi connectivity index (χ4n) is 0.889. The zero-order valence-corrected chi connectivity index (χ0v) is 7.50. The van der Waals surface area contributed by atoms with Crippen molar-refractivity contribution in [3.8, 4) is 0 Å². The van der Waals surface area contributed by atoms with Gasteiger partial charge in [-0.2, -0.15) is 0 Å². The molecule has 0 radical (unpaired) electrons. The van der Waals surface area contributed by atoms with Crippen LogP contribution < -0.4 is 0 Å². The van der Waals surface area contributed by atoms with Gasteiger partial charge in [0.15, 0.2) is 0 Å². The number of amides is 1. The highest BCUT2D eigenvalue weighted by molar-refractivity contribution is 5.84. The molecule has 0 saturated heterocycles. The Morgan fingerprint density at radius 2 is 1.83 bits per heavy atom. The molecule has 0 aromatic rings.